The van der Waals surface area contributed by atoms with E-state index in [1.54, 1.807) is 0 Å². The van der Waals surface area contributed by atoms with E-state index in [2.05, 4.69) is 55.0 Å². The van der Waals surface area contributed by atoms with Crippen LogP contribution >= 0.6 is 0 Å². The van der Waals surface area contributed by atoms with Crippen LogP contribution in [0, 0.1) is 0 Å². The van der Waals surface area contributed by atoms with E-state index in [1.807, 2.05) is 0 Å². The molecule has 2 atom stereocenters. The SMILES string of the molecule is CCc1ccc(C(N)C(C)N2CCCN(C)CC2)cc1. The standard InChI is InChI=1S/C17H29N3/c1-4-15-6-8-16(9-7-15)17(18)14(2)20-11-5-10-19(3)12-13-20/h6-9,14,17H,4-5,10-13,18H2,1-3H3. The van der Waals surface area contributed by atoms with Crippen molar-refractivity contribution in [3.05, 3.63) is 35.4 Å². The monoisotopic (exact) mass is 275 g/mol. The third-order valence-electron chi connectivity index (χ3n) is 4.62. The number of hydrogen-bond donors (Lipinski definition) is 1. The quantitative estimate of drug-likeness (QED) is 0.915. The third kappa shape index (κ3) is 3.81. The summed E-state index contributed by atoms with van der Waals surface area (Å²) >= 11 is 0. The molecule has 1 saturated heterocycles. The predicted molar refractivity (Wildman–Crippen MR) is 85.9 cm³/mol. The van der Waals surface area contributed by atoms with Crippen molar-refractivity contribution in [1.29, 1.82) is 0 Å². The first-order valence-electron chi connectivity index (χ1n) is 7.89. The van der Waals surface area contributed by atoms with Gasteiger partial charge in [-0.2, -0.15) is 0 Å². The van der Waals surface area contributed by atoms with E-state index in [0.717, 1.165) is 26.1 Å². The number of benzene rings is 1. The molecule has 2 rings (SSSR count). The fourth-order valence-corrected chi connectivity index (χ4v) is 2.95. The van der Waals surface area contributed by atoms with Gasteiger partial charge in [-0.25, -0.2) is 0 Å². The first-order valence-corrected chi connectivity index (χ1v) is 7.89. The van der Waals surface area contributed by atoms with Crippen LogP contribution in [-0.2, 0) is 6.42 Å². The van der Waals surface area contributed by atoms with Crippen LogP contribution in [0.1, 0.15) is 37.4 Å². The second kappa shape index (κ2) is 7.21. The Morgan fingerprint density at radius 1 is 1.10 bits per heavy atom. The van der Waals surface area contributed by atoms with Gasteiger partial charge in [0.15, 0.2) is 0 Å². The van der Waals surface area contributed by atoms with Crippen molar-refractivity contribution in [3.63, 3.8) is 0 Å². The summed E-state index contributed by atoms with van der Waals surface area (Å²) in [6.07, 6.45) is 2.33. The fraction of sp³-hybridized carbons (Fsp3) is 0.647. The number of rotatable bonds is 4. The van der Waals surface area contributed by atoms with Crippen LogP contribution in [-0.4, -0.2) is 49.1 Å². The van der Waals surface area contributed by atoms with Gasteiger partial charge in [-0.15, -0.1) is 0 Å². The summed E-state index contributed by atoms with van der Waals surface area (Å²) in [5.74, 6) is 0. The Hall–Kier alpha value is -0.900. The van der Waals surface area contributed by atoms with Crippen molar-refractivity contribution in [1.82, 2.24) is 9.80 Å². The molecule has 0 bridgehead atoms. The van der Waals surface area contributed by atoms with Crippen molar-refractivity contribution in [2.75, 3.05) is 33.2 Å². The van der Waals surface area contributed by atoms with Crippen LogP contribution < -0.4 is 5.73 Å². The van der Waals surface area contributed by atoms with Crippen LogP contribution in [0.3, 0.4) is 0 Å². The molecular formula is C17H29N3. The molecular weight excluding hydrogens is 246 g/mol. The third-order valence-corrected chi connectivity index (χ3v) is 4.62. The molecule has 2 unspecified atom stereocenters. The fourth-order valence-electron chi connectivity index (χ4n) is 2.95. The second-order valence-electron chi connectivity index (χ2n) is 6.05. The highest BCUT2D eigenvalue weighted by atomic mass is 15.2. The zero-order valence-corrected chi connectivity index (χ0v) is 13.2. The molecule has 0 radical (unpaired) electrons. The van der Waals surface area contributed by atoms with Crippen molar-refractivity contribution >= 4 is 0 Å². The zero-order chi connectivity index (χ0) is 14.5. The van der Waals surface area contributed by atoms with Gasteiger partial charge in [-0.05, 0) is 51.0 Å². The highest BCUT2D eigenvalue weighted by Crippen LogP contribution is 2.20. The lowest BCUT2D eigenvalue weighted by molar-refractivity contribution is 0.190. The Kier molecular flexibility index (Phi) is 5.58. The van der Waals surface area contributed by atoms with Crippen molar-refractivity contribution < 1.29 is 0 Å². The highest BCUT2D eigenvalue weighted by Gasteiger charge is 2.23. The van der Waals surface area contributed by atoms with Crippen molar-refractivity contribution in [3.8, 4) is 0 Å². The first kappa shape index (κ1) is 15.5. The Morgan fingerprint density at radius 3 is 2.45 bits per heavy atom. The molecule has 1 aliphatic rings. The predicted octanol–water partition coefficient (Wildman–Crippen LogP) is 2.27. The van der Waals surface area contributed by atoms with E-state index < -0.39 is 0 Å². The maximum Gasteiger partial charge on any atom is 0.0450 e. The van der Waals surface area contributed by atoms with Gasteiger partial charge in [0.25, 0.3) is 0 Å². The lowest BCUT2D eigenvalue weighted by Crippen LogP contribution is -2.42. The van der Waals surface area contributed by atoms with Crippen LogP contribution in [0.15, 0.2) is 24.3 Å². The molecule has 1 aliphatic heterocycles. The van der Waals surface area contributed by atoms with E-state index in [0.29, 0.717) is 6.04 Å². The molecule has 0 saturated carbocycles. The van der Waals surface area contributed by atoms with Gasteiger partial charge in [0.05, 0.1) is 0 Å². The Balaban J connectivity index is 2.01. The summed E-state index contributed by atoms with van der Waals surface area (Å²) in [5, 5.41) is 0. The van der Waals surface area contributed by atoms with Crippen LogP contribution in [0.2, 0.25) is 0 Å². The Bertz CT molecular complexity index is 401. The number of aryl methyl sites for hydroxylation is 1. The van der Waals surface area contributed by atoms with Gasteiger partial charge in [0.2, 0.25) is 0 Å². The van der Waals surface area contributed by atoms with Gasteiger partial charge in [0.1, 0.15) is 0 Å². The molecule has 1 aromatic carbocycles. The van der Waals surface area contributed by atoms with Gasteiger partial charge >= 0.3 is 0 Å². The summed E-state index contributed by atoms with van der Waals surface area (Å²) in [7, 11) is 2.21. The summed E-state index contributed by atoms with van der Waals surface area (Å²) in [6, 6.07) is 9.31. The Morgan fingerprint density at radius 2 is 1.80 bits per heavy atom. The van der Waals surface area contributed by atoms with Gasteiger partial charge in [-0.3, -0.25) is 4.90 Å². The topological polar surface area (TPSA) is 32.5 Å². The molecule has 0 aliphatic carbocycles. The average Bonchev–Trinajstić information content (AvgIpc) is 2.70. The summed E-state index contributed by atoms with van der Waals surface area (Å²) in [5.41, 5.74) is 9.13. The minimum atomic E-state index is 0.101. The van der Waals surface area contributed by atoms with Gasteiger partial charge in [-0.1, -0.05) is 31.2 Å². The number of nitrogens with two attached hydrogens (primary N) is 1. The van der Waals surface area contributed by atoms with E-state index in [9.17, 15) is 0 Å². The van der Waals surface area contributed by atoms with E-state index in [-0.39, 0.29) is 6.04 Å². The normalized spacial score (nSPS) is 21.4. The molecule has 0 spiro atoms. The lowest BCUT2D eigenvalue weighted by atomic mass is 9.98. The largest absolute Gasteiger partial charge is 0.323 e. The van der Waals surface area contributed by atoms with Crippen LogP contribution in [0.5, 0.6) is 0 Å². The summed E-state index contributed by atoms with van der Waals surface area (Å²) < 4.78 is 0. The molecule has 0 aromatic heterocycles. The van der Waals surface area contributed by atoms with E-state index >= 15 is 0 Å². The summed E-state index contributed by atoms with van der Waals surface area (Å²) in [4.78, 5) is 4.95. The van der Waals surface area contributed by atoms with Crippen LogP contribution in [0.4, 0.5) is 0 Å². The van der Waals surface area contributed by atoms with Crippen molar-refractivity contribution in [2.24, 2.45) is 5.73 Å². The number of hydrogen-bond acceptors (Lipinski definition) is 3. The molecule has 1 heterocycles. The lowest BCUT2D eigenvalue weighted by Gasteiger charge is -2.32. The zero-order valence-electron chi connectivity index (χ0n) is 13.2. The van der Waals surface area contributed by atoms with Crippen molar-refractivity contribution in [2.45, 2.75) is 38.8 Å². The van der Waals surface area contributed by atoms with Gasteiger partial charge in [0, 0.05) is 25.2 Å². The minimum Gasteiger partial charge on any atom is -0.323 e. The van der Waals surface area contributed by atoms with E-state index in [1.165, 1.54) is 24.1 Å². The van der Waals surface area contributed by atoms with Gasteiger partial charge < -0.3 is 10.6 Å². The molecule has 1 aromatic rings. The summed E-state index contributed by atoms with van der Waals surface area (Å²) in [6.45, 7) is 9.08. The molecule has 3 heteroatoms. The molecule has 3 nitrogen and oxygen atoms in total. The minimum absolute atomic E-state index is 0.101. The molecule has 2 N–H and O–H groups in total. The smallest absolute Gasteiger partial charge is 0.0450 e. The van der Waals surface area contributed by atoms with Crippen LogP contribution in [0.25, 0.3) is 0 Å². The number of nitrogens with zero attached hydrogens (tertiary/aromatic N) is 2. The molecule has 112 valence electrons. The van der Waals surface area contributed by atoms with E-state index in [4.69, 9.17) is 5.73 Å². The maximum absolute atomic E-state index is 6.49. The maximum atomic E-state index is 6.49. The molecule has 20 heavy (non-hydrogen) atoms. The average molecular weight is 275 g/mol. The first-order chi connectivity index (χ1) is 9.61. The Labute approximate surface area is 123 Å². The molecule has 0 amide bonds. The highest BCUT2D eigenvalue weighted by molar-refractivity contribution is 5.25. The second-order valence-corrected chi connectivity index (χ2v) is 6.05. The molecule has 1 fully saturated rings. The number of likely N-dealkylation sites (N-methyl/N-ethyl adjacent to an activating group) is 1.